The van der Waals surface area contributed by atoms with E-state index in [4.69, 9.17) is 9.84 Å². The predicted molar refractivity (Wildman–Crippen MR) is 121 cm³/mol. The molecule has 2 aromatic carbocycles. The van der Waals surface area contributed by atoms with E-state index in [1.54, 1.807) is 28.8 Å². The molecule has 1 saturated heterocycles. The lowest BCUT2D eigenvalue weighted by Gasteiger charge is -2.36. The van der Waals surface area contributed by atoms with Gasteiger partial charge in [-0.3, -0.25) is 0 Å². The van der Waals surface area contributed by atoms with Crippen molar-refractivity contribution < 1.29 is 14.6 Å². The van der Waals surface area contributed by atoms with Crippen LogP contribution in [0.3, 0.4) is 0 Å². The van der Waals surface area contributed by atoms with Crippen molar-refractivity contribution in [3.63, 3.8) is 0 Å². The van der Waals surface area contributed by atoms with Gasteiger partial charge in [0.1, 0.15) is 5.01 Å². The molecule has 0 unspecified atom stereocenters. The summed E-state index contributed by atoms with van der Waals surface area (Å²) in [5.74, 6) is -0.938. The van der Waals surface area contributed by atoms with Crippen LogP contribution in [0, 0.1) is 0 Å². The van der Waals surface area contributed by atoms with E-state index in [1.807, 2.05) is 6.20 Å². The highest BCUT2D eigenvalue weighted by atomic mass is 32.1. The Kier molecular flexibility index (Phi) is 4.95. The second-order valence-corrected chi connectivity index (χ2v) is 8.81. The molecule has 0 aliphatic carbocycles. The molecular formula is C23H22N4O3S. The molecule has 0 bridgehead atoms. The van der Waals surface area contributed by atoms with Crippen LogP contribution >= 0.6 is 11.3 Å². The second kappa shape index (κ2) is 7.79. The Labute approximate surface area is 183 Å². The molecule has 0 amide bonds. The van der Waals surface area contributed by atoms with Crippen LogP contribution in [0.2, 0.25) is 0 Å². The highest BCUT2D eigenvalue weighted by Gasteiger charge is 2.22. The van der Waals surface area contributed by atoms with E-state index in [2.05, 4.69) is 53.1 Å². The van der Waals surface area contributed by atoms with Crippen LogP contribution in [0.25, 0.3) is 26.8 Å². The third kappa shape index (κ3) is 3.92. The number of hydrogen-bond donors (Lipinski definition) is 1. The molecule has 31 heavy (non-hydrogen) atoms. The van der Waals surface area contributed by atoms with Crippen LogP contribution in [0.5, 0.6) is 0 Å². The van der Waals surface area contributed by atoms with Gasteiger partial charge in [-0.25, -0.2) is 14.3 Å². The number of hydrogen-bond acceptors (Lipinski definition) is 6. The summed E-state index contributed by atoms with van der Waals surface area (Å²) in [6.07, 6.45) is 2.32. The monoisotopic (exact) mass is 434 g/mol. The summed E-state index contributed by atoms with van der Waals surface area (Å²) >= 11 is 1.53. The quantitative estimate of drug-likeness (QED) is 0.512. The average molecular weight is 435 g/mol. The Morgan fingerprint density at radius 1 is 1.03 bits per heavy atom. The van der Waals surface area contributed by atoms with Crippen molar-refractivity contribution in [2.24, 2.45) is 0 Å². The molecule has 158 valence electrons. The van der Waals surface area contributed by atoms with Crippen molar-refractivity contribution in [1.29, 1.82) is 0 Å². The van der Waals surface area contributed by atoms with E-state index in [0.29, 0.717) is 0 Å². The number of nitrogens with zero attached hydrogens (tertiary/aromatic N) is 4. The van der Waals surface area contributed by atoms with Crippen LogP contribution in [-0.2, 0) is 4.74 Å². The summed E-state index contributed by atoms with van der Waals surface area (Å²) in [7, 11) is 0. The topological polar surface area (TPSA) is 80.0 Å². The van der Waals surface area contributed by atoms with Gasteiger partial charge in [-0.05, 0) is 50.2 Å². The SMILES string of the molecule is C[C@@H]1CN(c2ccc(-c3nn4cc(-c5ccc(C(=O)O)cc5)nc4s3)cc2)C[C@H](C)O1. The molecule has 3 heterocycles. The number of ether oxygens (including phenoxy) is 1. The van der Waals surface area contributed by atoms with Crippen molar-refractivity contribution in [1.82, 2.24) is 14.6 Å². The first kappa shape index (κ1) is 19.7. The highest BCUT2D eigenvalue weighted by Crippen LogP contribution is 2.30. The molecule has 1 N–H and O–H groups in total. The summed E-state index contributed by atoms with van der Waals surface area (Å²) in [5.41, 5.74) is 4.14. The Balaban J connectivity index is 1.36. The van der Waals surface area contributed by atoms with E-state index < -0.39 is 5.97 Å². The van der Waals surface area contributed by atoms with Gasteiger partial charge in [-0.15, -0.1) is 0 Å². The molecule has 2 aromatic heterocycles. The van der Waals surface area contributed by atoms with Gasteiger partial charge in [0.15, 0.2) is 0 Å². The Bertz CT molecular complexity index is 1190. The number of imidazole rings is 1. The summed E-state index contributed by atoms with van der Waals surface area (Å²) in [4.78, 5) is 18.8. The maximum atomic E-state index is 11.0. The molecule has 4 aromatic rings. The normalized spacial score (nSPS) is 19.1. The van der Waals surface area contributed by atoms with E-state index in [0.717, 1.165) is 39.9 Å². The molecule has 8 heteroatoms. The zero-order valence-corrected chi connectivity index (χ0v) is 18.0. The Hall–Kier alpha value is -3.23. The number of anilines is 1. The lowest BCUT2D eigenvalue weighted by molar-refractivity contribution is -0.00521. The van der Waals surface area contributed by atoms with Crippen molar-refractivity contribution in [3.05, 3.63) is 60.3 Å². The third-order valence-corrected chi connectivity index (χ3v) is 6.34. The number of fused-ring (bicyclic) bond motifs is 1. The zero-order chi connectivity index (χ0) is 21.5. The predicted octanol–water partition coefficient (Wildman–Crippen LogP) is 4.44. The van der Waals surface area contributed by atoms with Gasteiger partial charge in [-0.1, -0.05) is 23.5 Å². The molecule has 1 aliphatic heterocycles. The first-order chi connectivity index (χ1) is 15.0. The van der Waals surface area contributed by atoms with E-state index in [-0.39, 0.29) is 17.8 Å². The van der Waals surface area contributed by atoms with Gasteiger partial charge in [-0.2, -0.15) is 5.10 Å². The van der Waals surface area contributed by atoms with Crippen LogP contribution in [-0.4, -0.2) is 51.0 Å². The lowest BCUT2D eigenvalue weighted by Crippen LogP contribution is -2.45. The maximum Gasteiger partial charge on any atom is 0.335 e. The zero-order valence-electron chi connectivity index (χ0n) is 17.2. The van der Waals surface area contributed by atoms with E-state index in [1.165, 1.54) is 17.0 Å². The average Bonchev–Trinajstić information content (AvgIpc) is 3.33. The number of carbonyl (C=O) groups is 1. The second-order valence-electron chi connectivity index (χ2n) is 7.85. The summed E-state index contributed by atoms with van der Waals surface area (Å²) in [5, 5.41) is 14.6. The van der Waals surface area contributed by atoms with Gasteiger partial charge >= 0.3 is 5.97 Å². The van der Waals surface area contributed by atoms with Crippen molar-refractivity contribution in [3.8, 4) is 21.8 Å². The number of aromatic nitrogens is 3. The Morgan fingerprint density at radius 3 is 2.29 bits per heavy atom. The van der Waals surface area contributed by atoms with Gasteiger partial charge in [0.2, 0.25) is 4.96 Å². The maximum absolute atomic E-state index is 11.0. The van der Waals surface area contributed by atoms with Crippen LogP contribution in [0.15, 0.2) is 54.7 Å². The minimum atomic E-state index is -0.938. The minimum Gasteiger partial charge on any atom is -0.478 e. The molecule has 0 saturated carbocycles. The lowest BCUT2D eigenvalue weighted by atomic mass is 10.1. The molecular weight excluding hydrogens is 412 g/mol. The number of morpholine rings is 1. The highest BCUT2D eigenvalue weighted by molar-refractivity contribution is 7.19. The van der Waals surface area contributed by atoms with Crippen LogP contribution in [0.4, 0.5) is 5.69 Å². The van der Waals surface area contributed by atoms with E-state index >= 15 is 0 Å². The number of rotatable bonds is 4. The van der Waals surface area contributed by atoms with Gasteiger partial charge in [0, 0.05) is 29.9 Å². The first-order valence-electron chi connectivity index (χ1n) is 10.2. The molecule has 1 aliphatic rings. The number of carboxylic acids is 1. The Morgan fingerprint density at radius 2 is 1.68 bits per heavy atom. The minimum absolute atomic E-state index is 0.227. The standard InChI is InChI=1S/C23H22N4O3S/c1-14-11-26(12-15(2)30-14)19-9-7-17(8-10-19)21-25-27-13-20(24-23(27)31-21)16-3-5-18(6-4-16)22(28)29/h3-10,13-15H,11-12H2,1-2H3,(H,28,29)/t14-,15+. The van der Waals surface area contributed by atoms with Gasteiger partial charge in [0.05, 0.1) is 29.7 Å². The number of carboxylic acid groups (broad SMARTS) is 1. The summed E-state index contributed by atoms with van der Waals surface area (Å²) in [6, 6.07) is 15.2. The fourth-order valence-corrected chi connectivity index (χ4v) is 4.83. The fraction of sp³-hybridized carbons (Fsp3) is 0.261. The molecule has 0 spiro atoms. The van der Waals surface area contributed by atoms with Gasteiger partial charge in [0.25, 0.3) is 0 Å². The molecule has 2 atom stereocenters. The molecule has 0 radical (unpaired) electrons. The van der Waals surface area contributed by atoms with Crippen LogP contribution < -0.4 is 4.90 Å². The van der Waals surface area contributed by atoms with Crippen molar-refractivity contribution in [2.45, 2.75) is 26.1 Å². The van der Waals surface area contributed by atoms with E-state index in [9.17, 15) is 4.79 Å². The van der Waals surface area contributed by atoms with Crippen molar-refractivity contribution in [2.75, 3.05) is 18.0 Å². The smallest absolute Gasteiger partial charge is 0.335 e. The molecule has 5 rings (SSSR count). The van der Waals surface area contributed by atoms with Gasteiger partial charge < -0.3 is 14.7 Å². The number of aromatic carboxylic acids is 1. The molecule has 1 fully saturated rings. The largest absolute Gasteiger partial charge is 0.478 e. The third-order valence-electron chi connectivity index (χ3n) is 5.37. The fourth-order valence-electron chi connectivity index (χ4n) is 3.94. The first-order valence-corrected chi connectivity index (χ1v) is 11.0. The summed E-state index contributed by atoms with van der Waals surface area (Å²) in [6.45, 7) is 6.00. The van der Waals surface area contributed by atoms with Crippen LogP contribution in [0.1, 0.15) is 24.2 Å². The molecule has 7 nitrogen and oxygen atoms in total. The summed E-state index contributed by atoms with van der Waals surface area (Å²) < 4.78 is 7.61. The number of benzene rings is 2. The van der Waals surface area contributed by atoms with Crippen molar-refractivity contribution >= 4 is 28.0 Å².